The van der Waals surface area contributed by atoms with Crippen molar-refractivity contribution in [1.29, 1.82) is 0 Å². The molecule has 9 heteroatoms. The summed E-state index contributed by atoms with van der Waals surface area (Å²) in [6, 6.07) is 4.09. The van der Waals surface area contributed by atoms with Gasteiger partial charge in [-0.05, 0) is 24.3 Å². The predicted molar refractivity (Wildman–Crippen MR) is 97.6 cm³/mol. The van der Waals surface area contributed by atoms with Gasteiger partial charge in [0.25, 0.3) is 5.91 Å². The zero-order valence-corrected chi connectivity index (χ0v) is 14.3. The van der Waals surface area contributed by atoms with E-state index in [1.165, 1.54) is 30.6 Å². The number of rotatable bonds is 5. The summed E-state index contributed by atoms with van der Waals surface area (Å²) in [5.41, 5.74) is 6.67. The van der Waals surface area contributed by atoms with Crippen LogP contribution in [0.5, 0.6) is 0 Å². The van der Waals surface area contributed by atoms with Crippen molar-refractivity contribution in [3.05, 3.63) is 65.0 Å². The number of aliphatic imine (C=N–C) groups is 1. The number of hydrogen-bond acceptors (Lipinski definition) is 6. The molecule has 2 atom stereocenters. The summed E-state index contributed by atoms with van der Waals surface area (Å²) in [4.78, 5) is 23.9. The Kier molecular flexibility index (Phi) is 5.67. The number of amides is 1. The number of carbonyl (C=O) groups is 1. The van der Waals surface area contributed by atoms with Crippen LogP contribution in [-0.2, 0) is 6.54 Å². The second kappa shape index (κ2) is 8.13. The predicted octanol–water partition coefficient (Wildman–Crippen LogP) is 1.90. The van der Waals surface area contributed by atoms with Crippen molar-refractivity contribution in [2.75, 3.05) is 5.32 Å². The van der Waals surface area contributed by atoms with Gasteiger partial charge in [-0.1, -0.05) is 17.7 Å². The molecule has 0 saturated carbocycles. The van der Waals surface area contributed by atoms with Crippen LogP contribution in [0.25, 0.3) is 0 Å². The van der Waals surface area contributed by atoms with Crippen LogP contribution in [0.1, 0.15) is 16.2 Å². The highest BCUT2D eigenvalue weighted by molar-refractivity contribution is 6.30. The molecule has 0 aliphatic carbocycles. The minimum Gasteiger partial charge on any atom is -0.319 e. The van der Waals surface area contributed by atoms with Crippen LogP contribution in [0.3, 0.4) is 0 Å². The van der Waals surface area contributed by atoms with Gasteiger partial charge in [0.2, 0.25) is 5.82 Å². The van der Waals surface area contributed by atoms with E-state index < -0.39 is 17.9 Å². The molecule has 7 nitrogen and oxygen atoms in total. The lowest BCUT2D eigenvalue weighted by Gasteiger charge is -2.21. The van der Waals surface area contributed by atoms with Gasteiger partial charge in [0.15, 0.2) is 0 Å². The van der Waals surface area contributed by atoms with Crippen molar-refractivity contribution >= 4 is 29.4 Å². The highest BCUT2D eigenvalue weighted by Gasteiger charge is 2.16. The van der Waals surface area contributed by atoms with E-state index in [9.17, 15) is 9.18 Å². The first-order valence-corrected chi connectivity index (χ1v) is 8.17. The Balaban J connectivity index is 1.67. The fourth-order valence-corrected chi connectivity index (χ4v) is 2.44. The van der Waals surface area contributed by atoms with Crippen molar-refractivity contribution in [1.82, 2.24) is 15.3 Å². The van der Waals surface area contributed by atoms with Crippen LogP contribution in [-0.4, -0.2) is 34.3 Å². The SMILES string of the molecule is NC1N=CC=CC1NCc1cc(NC(=O)c2ncc(Cl)cn2)ccc1F. The van der Waals surface area contributed by atoms with Gasteiger partial charge < -0.3 is 16.4 Å². The number of allylic oxidation sites excluding steroid dienone is 1. The summed E-state index contributed by atoms with van der Waals surface area (Å²) in [6.45, 7) is 0.227. The number of nitrogens with two attached hydrogens (primary N) is 1. The number of aromatic nitrogens is 2. The lowest BCUT2D eigenvalue weighted by molar-refractivity contribution is 0.101. The third-order valence-corrected chi connectivity index (χ3v) is 3.88. The number of anilines is 1. The van der Waals surface area contributed by atoms with Gasteiger partial charge in [0, 0.05) is 36.4 Å². The Bertz CT molecular complexity index is 855. The first-order chi connectivity index (χ1) is 12.5. The van der Waals surface area contributed by atoms with E-state index in [1.807, 2.05) is 6.08 Å². The Hall–Kier alpha value is -2.68. The van der Waals surface area contributed by atoms with Crippen molar-refractivity contribution in [2.24, 2.45) is 10.7 Å². The molecule has 0 fully saturated rings. The lowest BCUT2D eigenvalue weighted by atomic mass is 10.1. The molecule has 1 aromatic carbocycles. The molecule has 1 aromatic heterocycles. The van der Waals surface area contributed by atoms with Crippen LogP contribution in [0.2, 0.25) is 5.02 Å². The molecule has 1 amide bonds. The molecule has 0 radical (unpaired) electrons. The van der Waals surface area contributed by atoms with E-state index in [4.69, 9.17) is 17.3 Å². The molecule has 0 bridgehead atoms. The van der Waals surface area contributed by atoms with Gasteiger partial charge in [0.1, 0.15) is 12.0 Å². The molecular weight excluding hydrogens is 359 g/mol. The van der Waals surface area contributed by atoms with E-state index in [1.54, 1.807) is 12.3 Å². The molecule has 26 heavy (non-hydrogen) atoms. The molecule has 2 heterocycles. The van der Waals surface area contributed by atoms with E-state index in [0.29, 0.717) is 16.3 Å². The molecule has 1 aliphatic rings. The van der Waals surface area contributed by atoms with Crippen LogP contribution in [0, 0.1) is 5.82 Å². The van der Waals surface area contributed by atoms with Gasteiger partial charge in [-0.25, -0.2) is 14.4 Å². The monoisotopic (exact) mass is 374 g/mol. The van der Waals surface area contributed by atoms with Crippen molar-refractivity contribution in [3.8, 4) is 0 Å². The van der Waals surface area contributed by atoms with Crippen LogP contribution in [0.4, 0.5) is 10.1 Å². The van der Waals surface area contributed by atoms with Gasteiger partial charge >= 0.3 is 0 Å². The number of benzene rings is 1. The Morgan fingerprint density at radius 1 is 1.31 bits per heavy atom. The lowest BCUT2D eigenvalue weighted by Crippen LogP contribution is -2.43. The first kappa shape index (κ1) is 18.1. The van der Waals surface area contributed by atoms with Gasteiger partial charge in [-0.15, -0.1) is 0 Å². The van der Waals surface area contributed by atoms with E-state index in [-0.39, 0.29) is 18.4 Å². The zero-order valence-electron chi connectivity index (χ0n) is 13.6. The Morgan fingerprint density at radius 3 is 2.81 bits per heavy atom. The van der Waals surface area contributed by atoms with Crippen molar-refractivity contribution < 1.29 is 9.18 Å². The smallest absolute Gasteiger partial charge is 0.293 e. The number of dihydropyridines is 1. The maximum Gasteiger partial charge on any atom is 0.293 e. The van der Waals surface area contributed by atoms with E-state index in [0.717, 1.165) is 0 Å². The number of carbonyl (C=O) groups excluding carboxylic acids is 1. The molecule has 1 aliphatic heterocycles. The van der Waals surface area contributed by atoms with Crippen LogP contribution < -0.4 is 16.4 Å². The highest BCUT2D eigenvalue weighted by atomic mass is 35.5. The molecular formula is C17H16ClFN6O. The number of halogens is 2. The maximum absolute atomic E-state index is 14.1. The zero-order chi connectivity index (χ0) is 18.5. The van der Waals surface area contributed by atoms with Crippen molar-refractivity contribution in [2.45, 2.75) is 18.8 Å². The third kappa shape index (κ3) is 4.48. The van der Waals surface area contributed by atoms with Gasteiger partial charge in [0.05, 0.1) is 11.1 Å². The normalized spacial score (nSPS) is 18.7. The topological polar surface area (TPSA) is 105 Å². The quantitative estimate of drug-likeness (QED) is 0.741. The first-order valence-electron chi connectivity index (χ1n) is 7.79. The van der Waals surface area contributed by atoms with Crippen LogP contribution in [0.15, 0.2) is 47.7 Å². The highest BCUT2D eigenvalue weighted by Crippen LogP contribution is 2.16. The second-order valence-corrected chi connectivity index (χ2v) is 6.00. The van der Waals surface area contributed by atoms with Crippen LogP contribution >= 0.6 is 11.6 Å². The fourth-order valence-electron chi connectivity index (χ4n) is 2.35. The van der Waals surface area contributed by atoms with Gasteiger partial charge in [-0.2, -0.15) is 0 Å². The molecule has 0 spiro atoms. The van der Waals surface area contributed by atoms with Crippen molar-refractivity contribution in [3.63, 3.8) is 0 Å². The Morgan fingerprint density at radius 2 is 2.08 bits per heavy atom. The summed E-state index contributed by atoms with van der Waals surface area (Å²) < 4.78 is 14.1. The third-order valence-electron chi connectivity index (χ3n) is 3.69. The summed E-state index contributed by atoms with van der Waals surface area (Å²) >= 11 is 5.70. The number of nitrogens with one attached hydrogen (secondary N) is 2. The molecule has 0 saturated heterocycles. The minimum absolute atomic E-state index is 0.0328. The summed E-state index contributed by atoms with van der Waals surface area (Å²) in [7, 11) is 0. The second-order valence-electron chi connectivity index (χ2n) is 5.57. The molecule has 4 N–H and O–H groups in total. The van der Waals surface area contributed by atoms with E-state index in [2.05, 4.69) is 25.6 Å². The average Bonchev–Trinajstić information content (AvgIpc) is 2.64. The molecule has 134 valence electrons. The summed E-state index contributed by atoms with van der Waals surface area (Å²) in [5, 5.41) is 6.09. The number of nitrogens with zero attached hydrogens (tertiary/aromatic N) is 3. The average molecular weight is 375 g/mol. The Labute approximate surface area is 154 Å². The minimum atomic E-state index is -0.515. The van der Waals surface area contributed by atoms with E-state index >= 15 is 0 Å². The summed E-state index contributed by atoms with van der Waals surface area (Å²) in [5.74, 6) is -0.941. The standard InChI is InChI=1S/C17H16ClFN6O/c18-11-8-23-16(24-9-11)17(26)25-12-3-4-13(19)10(6-12)7-22-14-2-1-5-21-15(14)20/h1-6,8-9,14-15,22H,7,20H2,(H,25,26). The molecule has 3 rings (SSSR count). The summed E-state index contributed by atoms with van der Waals surface area (Å²) in [6.07, 6.45) is 7.49. The maximum atomic E-state index is 14.1. The molecule has 2 aromatic rings. The largest absolute Gasteiger partial charge is 0.319 e. The fraction of sp³-hybridized carbons (Fsp3) is 0.176. The van der Waals surface area contributed by atoms with Gasteiger partial charge in [-0.3, -0.25) is 9.79 Å². The molecule has 2 unspecified atom stereocenters. The number of hydrogen-bond donors (Lipinski definition) is 3.